The summed E-state index contributed by atoms with van der Waals surface area (Å²) in [4.78, 5) is 21.0. The monoisotopic (exact) mass is 537 g/mol. The number of rotatable bonds is 8. The van der Waals surface area contributed by atoms with Crippen LogP contribution in [0.4, 0.5) is 11.4 Å². The lowest BCUT2D eigenvalue weighted by atomic mass is 10.2. The van der Waals surface area contributed by atoms with Gasteiger partial charge in [0, 0.05) is 35.4 Å². The topological polar surface area (TPSA) is 195 Å². The van der Waals surface area contributed by atoms with Crippen molar-refractivity contribution in [3.8, 4) is 46.1 Å². The van der Waals surface area contributed by atoms with Crippen molar-refractivity contribution in [3.63, 3.8) is 0 Å². The molecule has 196 valence electrons. The van der Waals surface area contributed by atoms with Crippen LogP contribution in [0.25, 0.3) is 46.1 Å². The zero-order valence-electron chi connectivity index (χ0n) is 20.2. The molecule has 3 aromatic carbocycles. The Morgan fingerprint density at radius 2 is 1.12 bits per heavy atom. The number of non-ortho nitro benzene ring substituents is 2. The van der Waals surface area contributed by atoms with E-state index in [1.807, 2.05) is 30.3 Å². The van der Waals surface area contributed by atoms with E-state index in [2.05, 4.69) is 30.7 Å². The van der Waals surface area contributed by atoms with Crippen LogP contribution in [0.15, 0.2) is 87.7 Å². The second-order valence-corrected chi connectivity index (χ2v) is 8.36. The quantitative estimate of drug-likeness (QED) is 0.194. The van der Waals surface area contributed by atoms with Crippen LogP contribution in [0.5, 0.6) is 0 Å². The van der Waals surface area contributed by atoms with E-state index >= 15 is 0 Å². The number of hydrogen-bond acceptors (Lipinski definition) is 12. The van der Waals surface area contributed by atoms with Crippen LogP contribution in [0.2, 0.25) is 0 Å². The van der Waals surface area contributed by atoms with Gasteiger partial charge in [0.15, 0.2) is 11.4 Å². The van der Waals surface area contributed by atoms with Crippen LogP contribution < -0.4 is 0 Å². The molecule has 15 nitrogen and oxygen atoms in total. The van der Waals surface area contributed by atoms with E-state index in [1.165, 1.54) is 48.5 Å². The number of aromatic nitrogens is 7. The molecule has 3 heterocycles. The summed E-state index contributed by atoms with van der Waals surface area (Å²) >= 11 is 0. The van der Waals surface area contributed by atoms with Gasteiger partial charge in [-0.3, -0.25) is 20.2 Å². The lowest BCUT2D eigenvalue weighted by Crippen LogP contribution is -2.04. The summed E-state index contributed by atoms with van der Waals surface area (Å²) < 4.78 is 13.3. The fraction of sp³-hybridized carbons (Fsp3) is 0.0400. The molecule has 0 aliphatic carbocycles. The molecule has 0 fully saturated rings. The van der Waals surface area contributed by atoms with Gasteiger partial charge in [-0.15, -0.1) is 25.5 Å². The molecule has 0 unspecified atom stereocenters. The SMILES string of the molecule is O=[N+]([O-])c1ccc(-c2nnc(-c3nnn(Cc4ccccc4)c3-c3nnc(-c4ccc([N+](=O)[O-])cc4)o3)o2)cc1. The van der Waals surface area contributed by atoms with Gasteiger partial charge in [0.25, 0.3) is 23.2 Å². The van der Waals surface area contributed by atoms with Crippen LogP contribution in [-0.2, 0) is 6.54 Å². The summed E-state index contributed by atoms with van der Waals surface area (Å²) in [6.07, 6.45) is 0. The lowest BCUT2D eigenvalue weighted by Gasteiger charge is -2.04. The molecule has 0 spiro atoms. The summed E-state index contributed by atoms with van der Waals surface area (Å²) in [7, 11) is 0. The second-order valence-electron chi connectivity index (χ2n) is 8.36. The van der Waals surface area contributed by atoms with E-state index in [0.29, 0.717) is 23.4 Å². The van der Waals surface area contributed by atoms with Gasteiger partial charge in [0.1, 0.15) is 0 Å². The minimum atomic E-state index is -0.504. The third-order valence-corrected chi connectivity index (χ3v) is 5.82. The maximum atomic E-state index is 11.0. The van der Waals surface area contributed by atoms with Crippen molar-refractivity contribution in [2.75, 3.05) is 0 Å². The van der Waals surface area contributed by atoms with E-state index in [-0.39, 0.29) is 40.6 Å². The smallest absolute Gasteiger partial charge is 0.271 e. The molecule has 0 atom stereocenters. The van der Waals surface area contributed by atoms with Gasteiger partial charge in [-0.2, -0.15) is 0 Å². The molecule has 3 aromatic heterocycles. The second kappa shape index (κ2) is 9.97. The van der Waals surface area contributed by atoms with Gasteiger partial charge < -0.3 is 8.83 Å². The molecule has 6 aromatic rings. The van der Waals surface area contributed by atoms with E-state index < -0.39 is 9.85 Å². The van der Waals surface area contributed by atoms with Crippen molar-refractivity contribution in [2.45, 2.75) is 6.54 Å². The third-order valence-electron chi connectivity index (χ3n) is 5.82. The molecular formula is C25H15N9O6. The Kier molecular flexibility index (Phi) is 6.04. The minimum Gasteiger partial charge on any atom is -0.415 e. The Hall–Kier alpha value is -6.12. The Morgan fingerprint density at radius 3 is 1.68 bits per heavy atom. The van der Waals surface area contributed by atoms with E-state index in [4.69, 9.17) is 8.83 Å². The van der Waals surface area contributed by atoms with Crippen molar-refractivity contribution in [2.24, 2.45) is 0 Å². The molecule has 0 aliphatic rings. The number of nitro benzene ring substituents is 2. The van der Waals surface area contributed by atoms with E-state index in [9.17, 15) is 20.2 Å². The van der Waals surface area contributed by atoms with Gasteiger partial charge in [-0.05, 0) is 29.8 Å². The van der Waals surface area contributed by atoms with Crippen LogP contribution in [-0.4, -0.2) is 45.2 Å². The normalized spacial score (nSPS) is 11.0. The number of nitrogens with zero attached hydrogens (tertiary/aromatic N) is 9. The molecule has 0 bridgehead atoms. The van der Waals surface area contributed by atoms with Crippen molar-refractivity contribution in [3.05, 3.63) is 105 Å². The number of nitro groups is 2. The molecular weight excluding hydrogens is 522 g/mol. The summed E-state index contributed by atoms with van der Waals surface area (Å²) in [5, 5.41) is 46.9. The predicted octanol–water partition coefficient (Wildman–Crippen LogP) is 4.58. The molecule has 6 rings (SSSR count). The molecule has 15 heteroatoms. The summed E-state index contributed by atoms with van der Waals surface area (Å²) in [5.74, 6) is 0.308. The Bertz CT molecular complexity index is 1830. The average molecular weight is 537 g/mol. The van der Waals surface area contributed by atoms with Gasteiger partial charge in [0.2, 0.25) is 11.8 Å². The summed E-state index contributed by atoms with van der Waals surface area (Å²) in [6.45, 7) is 0.307. The largest absolute Gasteiger partial charge is 0.415 e. The van der Waals surface area contributed by atoms with Crippen molar-refractivity contribution >= 4 is 11.4 Å². The molecule has 0 aliphatic heterocycles. The number of hydrogen-bond donors (Lipinski definition) is 0. The maximum absolute atomic E-state index is 11.0. The van der Waals surface area contributed by atoms with Crippen molar-refractivity contribution < 1.29 is 18.7 Å². The fourth-order valence-corrected chi connectivity index (χ4v) is 3.86. The average Bonchev–Trinajstić information content (AvgIpc) is 3.74. The van der Waals surface area contributed by atoms with Gasteiger partial charge in [-0.25, -0.2) is 4.68 Å². The highest BCUT2D eigenvalue weighted by Crippen LogP contribution is 2.33. The first kappa shape index (κ1) is 24.2. The van der Waals surface area contributed by atoms with Crippen LogP contribution >= 0.6 is 0 Å². The molecule has 0 N–H and O–H groups in total. The first-order chi connectivity index (χ1) is 19.5. The molecule has 0 saturated carbocycles. The van der Waals surface area contributed by atoms with Gasteiger partial charge in [0.05, 0.1) is 16.4 Å². The minimum absolute atomic E-state index is 0.0118. The zero-order valence-corrected chi connectivity index (χ0v) is 20.2. The van der Waals surface area contributed by atoms with Gasteiger partial charge in [-0.1, -0.05) is 35.5 Å². The van der Waals surface area contributed by atoms with Crippen molar-refractivity contribution in [1.82, 2.24) is 35.4 Å². The summed E-state index contributed by atoms with van der Waals surface area (Å²) in [6, 6.07) is 20.8. The van der Waals surface area contributed by atoms with Gasteiger partial charge >= 0.3 is 0 Å². The highest BCUT2D eigenvalue weighted by Gasteiger charge is 2.27. The Labute approximate surface area is 223 Å². The lowest BCUT2D eigenvalue weighted by molar-refractivity contribution is -0.385. The Morgan fingerprint density at radius 1 is 0.625 bits per heavy atom. The van der Waals surface area contributed by atoms with Crippen LogP contribution in [0.3, 0.4) is 0 Å². The first-order valence-corrected chi connectivity index (χ1v) is 11.6. The van der Waals surface area contributed by atoms with Crippen LogP contribution in [0.1, 0.15) is 5.56 Å². The van der Waals surface area contributed by atoms with E-state index in [0.717, 1.165) is 5.56 Å². The first-order valence-electron chi connectivity index (χ1n) is 11.6. The maximum Gasteiger partial charge on any atom is 0.271 e. The predicted molar refractivity (Wildman–Crippen MR) is 136 cm³/mol. The number of benzene rings is 3. The third kappa shape index (κ3) is 4.65. The molecule has 0 radical (unpaired) electrons. The summed E-state index contributed by atoms with van der Waals surface area (Å²) in [5.41, 5.74) is 2.21. The van der Waals surface area contributed by atoms with E-state index in [1.54, 1.807) is 4.68 Å². The standard InChI is InChI=1S/C25H15N9O6/c35-33(36)18-10-6-16(7-11-18)22-27-29-24(39-22)20-21(32(31-26-20)14-15-4-2-1-3-5-15)25-30-28-23(40-25)17-8-12-19(13-9-17)34(37)38/h1-13H,14H2. The zero-order chi connectivity index (χ0) is 27.6. The highest BCUT2D eigenvalue weighted by molar-refractivity contribution is 5.70. The molecule has 0 amide bonds. The van der Waals surface area contributed by atoms with Crippen molar-refractivity contribution in [1.29, 1.82) is 0 Å². The van der Waals surface area contributed by atoms with Crippen LogP contribution in [0, 0.1) is 20.2 Å². The Balaban J connectivity index is 1.39. The highest BCUT2D eigenvalue weighted by atomic mass is 16.6. The molecule has 40 heavy (non-hydrogen) atoms. The molecule has 0 saturated heterocycles. The fourth-order valence-electron chi connectivity index (χ4n) is 3.86.